The van der Waals surface area contributed by atoms with Gasteiger partial charge in [-0.2, -0.15) is 0 Å². The predicted molar refractivity (Wildman–Crippen MR) is 105 cm³/mol. The highest BCUT2D eigenvalue weighted by molar-refractivity contribution is 14.0. The first-order chi connectivity index (χ1) is 10.1. The maximum absolute atomic E-state index is 5.46. The van der Waals surface area contributed by atoms with Gasteiger partial charge in [-0.05, 0) is 33.4 Å². The zero-order valence-electron chi connectivity index (χ0n) is 15.0. The molecule has 0 aromatic carbocycles. The number of aliphatic imine (C=N–C) groups is 1. The lowest BCUT2D eigenvalue weighted by atomic mass is 10.1. The molecule has 6 heteroatoms. The molecule has 132 valence electrons. The Morgan fingerprint density at radius 1 is 1.32 bits per heavy atom. The Balaban J connectivity index is 0.00000441. The Kier molecular flexibility index (Phi) is 12.3. The van der Waals surface area contributed by atoms with Crippen molar-refractivity contribution < 1.29 is 4.74 Å². The molecule has 1 aliphatic heterocycles. The largest absolute Gasteiger partial charge is 0.381 e. The number of likely N-dealkylation sites (N-methyl/N-ethyl adjacent to an activating group) is 1. The first kappa shape index (κ1) is 21.9. The van der Waals surface area contributed by atoms with Crippen LogP contribution in [0.1, 0.15) is 34.1 Å². The first-order valence-electron chi connectivity index (χ1n) is 8.43. The Labute approximate surface area is 153 Å². The highest BCUT2D eigenvalue weighted by atomic mass is 127. The molecular formula is C16H35IN4O. The molecule has 0 radical (unpaired) electrons. The number of guanidine groups is 1. The van der Waals surface area contributed by atoms with Crippen molar-refractivity contribution in [2.45, 2.75) is 40.2 Å². The van der Waals surface area contributed by atoms with Crippen LogP contribution >= 0.6 is 24.0 Å². The molecule has 2 atom stereocenters. The topological polar surface area (TPSA) is 40.1 Å². The van der Waals surface area contributed by atoms with Gasteiger partial charge in [-0.3, -0.25) is 9.89 Å². The Bertz CT molecular complexity index is 305. The number of rotatable bonds is 8. The molecule has 0 amide bonds. The van der Waals surface area contributed by atoms with Crippen molar-refractivity contribution in [2.75, 3.05) is 53.0 Å². The molecule has 0 aliphatic carbocycles. The van der Waals surface area contributed by atoms with E-state index in [0.717, 1.165) is 51.9 Å². The van der Waals surface area contributed by atoms with Crippen LogP contribution in [0.3, 0.4) is 0 Å². The van der Waals surface area contributed by atoms with Gasteiger partial charge >= 0.3 is 0 Å². The minimum atomic E-state index is 0. The Morgan fingerprint density at radius 3 is 2.50 bits per heavy atom. The molecule has 0 spiro atoms. The highest BCUT2D eigenvalue weighted by Crippen LogP contribution is 2.13. The van der Waals surface area contributed by atoms with Crippen molar-refractivity contribution >= 4 is 29.9 Å². The molecule has 22 heavy (non-hydrogen) atoms. The van der Waals surface area contributed by atoms with E-state index in [1.54, 1.807) is 0 Å². The summed E-state index contributed by atoms with van der Waals surface area (Å²) in [5.74, 6) is 1.66. The van der Waals surface area contributed by atoms with E-state index < -0.39 is 0 Å². The fourth-order valence-electron chi connectivity index (χ4n) is 2.85. The lowest BCUT2D eigenvalue weighted by Gasteiger charge is -2.27. The summed E-state index contributed by atoms with van der Waals surface area (Å²) in [6.45, 7) is 15.5. The van der Waals surface area contributed by atoms with Crippen LogP contribution in [-0.2, 0) is 4.74 Å². The molecule has 1 fully saturated rings. The zero-order valence-corrected chi connectivity index (χ0v) is 17.3. The van der Waals surface area contributed by atoms with Crippen LogP contribution < -0.4 is 5.32 Å². The molecule has 5 nitrogen and oxygen atoms in total. The van der Waals surface area contributed by atoms with Gasteiger partial charge in [0.2, 0.25) is 0 Å². The van der Waals surface area contributed by atoms with Gasteiger partial charge in [-0.25, -0.2) is 0 Å². The second-order valence-electron chi connectivity index (χ2n) is 5.87. The first-order valence-corrected chi connectivity index (χ1v) is 8.43. The van der Waals surface area contributed by atoms with Crippen molar-refractivity contribution in [3.63, 3.8) is 0 Å². The van der Waals surface area contributed by atoms with Crippen LogP contribution in [0, 0.1) is 5.92 Å². The standard InChI is InChI=1S/C16H34N4O.HI/c1-6-17-16(18-11-14(4)20(7-2)8-3)19(5)12-15-9-10-21-13-15;/h14-15H,6-13H2,1-5H3,(H,17,18);1H. The number of ether oxygens (including phenoxy) is 1. The van der Waals surface area contributed by atoms with Gasteiger partial charge in [-0.15, -0.1) is 24.0 Å². The number of hydrogen-bond donors (Lipinski definition) is 1. The molecule has 2 unspecified atom stereocenters. The predicted octanol–water partition coefficient (Wildman–Crippen LogP) is 2.27. The van der Waals surface area contributed by atoms with Crippen LogP contribution in [0.15, 0.2) is 4.99 Å². The van der Waals surface area contributed by atoms with Crippen LogP contribution in [0.25, 0.3) is 0 Å². The molecule has 1 N–H and O–H groups in total. The Morgan fingerprint density at radius 2 is 2.00 bits per heavy atom. The van der Waals surface area contributed by atoms with Crippen molar-refractivity contribution in [1.82, 2.24) is 15.1 Å². The molecule has 0 aromatic rings. The minimum absolute atomic E-state index is 0. The summed E-state index contributed by atoms with van der Waals surface area (Å²) >= 11 is 0. The smallest absolute Gasteiger partial charge is 0.193 e. The summed E-state index contributed by atoms with van der Waals surface area (Å²) in [7, 11) is 2.13. The zero-order chi connectivity index (χ0) is 15.7. The molecule has 0 aromatic heterocycles. The van der Waals surface area contributed by atoms with E-state index in [1.165, 1.54) is 6.42 Å². The summed E-state index contributed by atoms with van der Waals surface area (Å²) in [6, 6.07) is 0.483. The van der Waals surface area contributed by atoms with Gasteiger partial charge in [0, 0.05) is 38.7 Å². The number of nitrogens with zero attached hydrogens (tertiary/aromatic N) is 3. The van der Waals surface area contributed by atoms with Gasteiger partial charge < -0.3 is 15.0 Å². The van der Waals surface area contributed by atoms with E-state index >= 15 is 0 Å². The van der Waals surface area contributed by atoms with Crippen LogP contribution in [0.5, 0.6) is 0 Å². The van der Waals surface area contributed by atoms with Gasteiger partial charge in [0.1, 0.15) is 0 Å². The van der Waals surface area contributed by atoms with Crippen molar-refractivity contribution in [3.8, 4) is 0 Å². The number of halogens is 1. The van der Waals surface area contributed by atoms with Crippen LogP contribution in [0.4, 0.5) is 0 Å². The summed E-state index contributed by atoms with van der Waals surface area (Å²) in [5, 5.41) is 3.40. The summed E-state index contributed by atoms with van der Waals surface area (Å²) in [4.78, 5) is 9.51. The van der Waals surface area contributed by atoms with E-state index in [-0.39, 0.29) is 24.0 Å². The molecule has 1 rings (SSSR count). The average molecular weight is 426 g/mol. The maximum atomic E-state index is 5.46. The monoisotopic (exact) mass is 426 g/mol. The SMILES string of the molecule is CCNC(=NCC(C)N(CC)CC)N(C)CC1CCOC1.I. The fraction of sp³-hybridized carbons (Fsp3) is 0.938. The lowest BCUT2D eigenvalue weighted by Crippen LogP contribution is -2.43. The Hall–Kier alpha value is -0.0800. The van der Waals surface area contributed by atoms with Gasteiger partial charge in [0.05, 0.1) is 13.2 Å². The number of nitrogens with one attached hydrogen (secondary N) is 1. The third-order valence-corrected chi connectivity index (χ3v) is 4.19. The van der Waals surface area contributed by atoms with Crippen molar-refractivity contribution in [3.05, 3.63) is 0 Å². The van der Waals surface area contributed by atoms with E-state index in [0.29, 0.717) is 12.0 Å². The fourth-order valence-corrected chi connectivity index (χ4v) is 2.85. The third-order valence-electron chi connectivity index (χ3n) is 4.19. The highest BCUT2D eigenvalue weighted by Gasteiger charge is 2.19. The molecular weight excluding hydrogens is 391 g/mol. The van der Waals surface area contributed by atoms with Crippen molar-refractivity contribution in [2.24, 2.45) is 10.9 Å². The molecule has 1 saturated heterocycles. The van der Waals surface area contributed by atoms with Gasteiger partial charge in [0.25, 0.3) is 0 Å². The van der Waals surface area contributed by atoms with Gasteiger partial charge in [-0.1, -0.05) is 13.8 Å². The molecule has 1 heterocycles. The van der Waals surface area contributed by atoms with E-state index in [4.69, 9.17) is 9.73 Å². The lowest BCUT2D eigenvalue weighted by molar-refractivity contribution is 0.181. The molecule has 0 saturated carbocycles. The summed E-state index contributed by atoms with van der Waals surface area (Å²) in [6.07, 6.45) is 1.17. The second kappa shape index (κ2) is 12.4. The summed E-state index contributed by atoms with van der Waals surface area (Å²) in [5.41, 5.74) is 0. The van der Waals surface area contributed by atoms with Crippen LogP contribution in [0.2, 0.25) is 0 Å². The summed E-state index contributed by atoms with van der Waals surface area (Å²) < 4.78 is 5.46. The number of hydrogen-bond acceptors (Lipinski definition) is 3. The quantitative estimate of drug-likeness (QED) is 0.367. The van der Waals surface area contributed by atoms with Crippen molar-refractivity contribution in [1.29, 1.82) is 0 Å². The van der Waals surface area contributed by atoms with Gasteiger partial charge in [0.15, 0.2) is 5.96 Å². The minimum Gasteiger partial charge on any atom is -0.381 e. The second-order valence-corrected chi connectivity index (χ2v) is 5.87. The van der Waals surface area contributed by atoms with Crippen LogP contribution in [-0.4, -0.2) is 74.8 Å². The van der Waals surface area contributed by atoms with E-state index in [2.05, 4.69) is 49.9 Å². The average Bonchev–Trinajstić information content (AvgIpc) is 2.97. The third kappa shape index (κ3) is 7.46. The van der Waals surface area contributed by atoms with E-state index in [1.807, 2.05) is 0 Å². The molecule has 1 aliphatic rings. The van der Waals surface area contributed by atoms with E-state index in [9.17, 15) is 0 Å². The normalized spacial score (nSPS) is 19.9. The maximum Gasteiger partial charge on any atom is 0.193 e. The molecule has 0 bridgehead atoms.